The molecule has 3 heterocycles. The zero-order valence-electron chi connectivity index (χ0n) is 19.4. The third-order valence-electron chi connectivity index (χ3n) is 5.92. The molecule has 1 unspecified atom stereocenters. The molecule has 1 aliphatic rings. The maximum Gasteiger partial charge on any atom is 0.280 e. The van der Waals surface area contributed by atoms with Crippen LogP contribution in [0, 0.1) is 5.92 Å². The van der Waals surface area contributed by atoms with Crippen molar-refractivity contribution < 1.29 is 17.6 Å². The predicted molar refractivity (Wildman–Crippen MR) is 144 cm³/mol. The molecule has 1 saturated heterocycles. The minimum atomic E-state index is -3.62. The molecule has 1 amide bonds. The number of sulfonamides is 1. The summed E-state index contributed by atoms with van der Waals surface area (Å²) in [5, 5.41) is 5.95. The van der Waals surface area contributed by atoms with Gasteiger partial charge in [0.2, 0.25) is 15.2 Å². The Morgan fingerprint density at radius 2 is 2.06 bits per heavy atom. The molecule has 8 nitrogen and oxygen atoms in total. The van der Waals surface area contributed by atoms with E-state index < -0.39 is 15.9 Å². The van der Waals surface area contributed by atoms with Crippen molar-refractivity contribution in [2.45, 2.75) is 24.7 Å². The normalized spacial score (nSPS) is 17.1. The van der Waals surface area contributed by atoms with Crippen LogP contribution in [0.4, 0.5) is 5.13 Å². The van der Waals surface area contributed by atoms with Crippen LogP contribution in [0.3, 0.4) is 0 Å². The molecule has 11 heteroatoms. The summed E-state index contributed by atoms with van der Waals surface area (Å²) in [7, 11) is -3.62. The number of rotatable bonds is 6. The number of amides is 1. The van der Waals surface area contributed by atoms with Gasteiger partial charge in [-0.1, -0.05) is 34.2 Å². The largest absolute Gasteiger partial charge is 0.463 e. The second-order valence-corrected chi connectivity index (χ2v) is 12.5. The quantitative estimate of drug-likeness (QED) is 0.211. The van der Waals surface area contributed by atoms with Crippen LogP contribution >= 0.6 is 27.3 Å². The Labute approximate surface area is 221 Å². The highest BCUT2D eigenvalue weighted by atomic mass is 79.9. The Balaban J connectivity index is 1.46. The number of anilines is 1. The van der Waals surface area contributed by atoms with Gasteiger partial charge in [0.15, 0.2) is 0 Å². The molecule has 2 aromatic carbocycles. The molecule has 186 valence electrons. The zero-order chi connectivity index (χ0) is 25.3. The molecule has 36 heavy (non-hydrogen) atoms. The van der Waals surface area contributed by atoms with Crippen LogP contribution in [0.25, 0.3) is 10.2 Å². The first-order valence-corrected chi connectivity index (χ1v) is 14.4. The SMILES string of the molecule is CC1CCCN(S(=O)(=O)c2ccc(C(=O)N(/N=C/c3ccco3)c3nc4ccc(Br)cc4s3)cc2)C1. The number of furan rings is 1. The lowest BCUT2D eigenvalue weighted by Gasteiger charge is -2.30. The van der Waals surface area contributed by atoms with Crippen molar-refractivity contribution in [3.05, 3.63) is 76.7 Å². The average Bonchev–Trinajstić information content (AvgIpc) is 3.54. The van der Waals surface area contributed by atoms with E-state index in [-0.39, 0.29) is 10.5 Å². The molecule has 2 aromatic heterocycles. The number of hydrogen-bond acceptors (Lipinski definition) is 7. The first-order chi connectivity index (χ1) is 17.3. The number of hydrogen-bond donors (Lipinski definition) is 0. The molecule has 0 N–H and O–H groups in total. The Bertz CT molecular complexity index is 1520. The van der Waals surface area contributed by atoms with Gasteiger partial charge in [0.25, 0.3) is 5.91 Å². The molecule has 5 rings (SSSR count). The number of benzene rings is 2. The highest BCUT2D eigenvalue weighted by Gasteiger charge is 2.29. The fraction of sp³-hybridized carbons (Fsp3) is 0.240. The van der Waals surface area contributed by atoms with Gasteiger partial charge >= 0.3 is 0 Å². The molecular formula is C25H23BrN4O4S2. The Hall–Kier alpha value is -2.86. The Morgan fingerprint density at radius 1 is 1.25 bits per heavy atom. The number of hydrazone groups is 1. The molecule has 0 bridgehead atoms. The minimum absolute atomic E-state index is 0.170. The summed E-state index contributed by atoms with van der Waals surface area (Å²) in [6.07, 6.45) is 4.83. The highest BCUT2D eigenvalue weighted by Crippen LogP contribution is 2.32. The summed E-state index contributed by atoms with van der Waals surface area (Å²) in [5.74, 6) is 0.365. The maximum atomic E-state index is 13.5. The lowest BCUT2D eigenvalue weighted by Crippen LogP contribution is -2.39. The second-order valence-electron chi connectivity index (χ2n) is 8.62. The van der Waals surface area contributed by atoms with E-state index in [2.05, 4.69) is 32.9 Å². The lowest BCUT2D eigenvalue weighted by molar-refractivity contribution is 0.0987. The van der Waals surface area contributed by atoms with E-state index in [0.717, 1.165) is 27.5 Å². The van der Waals surface area contributed by atoms with Crippen LogP contribution in [0.1, 0.15) is 35.9 Å². The van der Waals surface area contributed by atoms with E-state index >= 15 is 0 Å². The van der Waals surface area contributed by atoms with Crippen LogP contribution in [0.15, 0.2) is 79.7 Å². The number of carbonyl (C=O) groups is 1. The molecule has 1 atom stereocenters. The van der Waals surface area contributed by atoms with E-state index in [1.807, 2.05) is 18.2 Å². The molecule has 0 spiro atoms. The first-order valence-electron chi connectivity index (χ1n) is 11.4. The van der Waals surface area contributed by atoms with Crippen molar-refractivity contribution in [2.75, 3.05) is 18.1 Å². The summed E-state index contributed by atoms with van der Waals surface area (Å²) in [5.41, 5.74) is 1.03. The number of carbonyl (C=O) groups excluding carboxylic acids is 1. The number of thiazole rings is 1. The van der Waals surface area contributed by atoms with Crippen molar-refractivity contribution >= 4 is 64.8 Å². The third-order valence-corrected chi connectivity index (χ3v) is 9.28. The Morgan fingerprint density at radius 3 is 2.78 bits per heavy atom. The summed E-state index contributed by atoms with van der Waals surface area (Å²) < 4.78 is 34.9. The lowest BCUT2D eigenvalue weighted by atomic mass is 10.0. The van der Waals surface area contributed by atoms with Crippen LogP contribution in [-0.4, -0.2) is 42.9 Å². The molecule has 4 aromatic rings. The summed E-state index contributed by atoms with van der Waals surface area (Å²) >= 11 is 4.78. The molecule has 0 radical (unpaired) electrons. The van der Waals surface area contributed by atoms with Crippen molar-refractivity contribution in [3.63, 3.8) is 0 Å². The monoisotopic (exact) mass is 586 g/mol. The van der Waals surface area contributed by atoms with Crippen LogP contribution in [0.2, 0.25) is 0 Å². The smallest absolute Gasteiger partial charge is 0.280 e. The van der Waals surface area contributed by atoms with Crippen molar-refractivity contribution in [1.82, 2.24) is 9.29 Å². The molecular weight excluding hydrogens is 564 g/mol. The van der Waals surface area contributed by atoms with Crippen LogP contribution in [-0.2, 0) is 10.0 Å². The van der Waals surface area contributed by atoms with Gasteiger partial charge in [-0.2, -0.15) is 14.4 Å². The standard InChI is InChI=1S/C25H23BrN4O4S2/c1-17-4-2-12-29(16-17)36(32,33)21-9-6-18(7-10-21)24(31)30(27-15-20-5-3-13-34-20)25-28-22-11-8-19(26)14-23(22)35-25/h3,5-11,13-15,17H,2,4,12,16H2,1H3/b27-15+. The van der Waals surface area contributed by atoms with E-state index in [4.69, 9.17) is 4.42 Å². The number of nitrogens with zero attached hydrogens (tertiary/aromatic N) is 4. The Kier molecular flexibility index (Phi) is 7.07. The van der Waals surface area contributed by atoms with Gasteiger partial charge in [-0.25, -0.2) is 13.4 Å². The number of piperidine rings is 1. The predicted octanol–water partition coefficient (Wildman–Crippen LogP) is 5.75. The van der Waals surface area contributed by atoms with Gasteiger partial charge in [0.05, 0.1) is 27.6 Å². The molecule has 0 saturated carbocycles. The zero-order valence-corrected chi connectivity index (χ0v) is 22.6. The maximum absolute atomic E-state index is 13.5. The fourth-order valence-corrected chi connectivity index (χ4v) is 7.12. The summed E-state index contributed by atoms with van der Waals surface area (Å²) in [6.45, 7) is 3.07. The third kappa shape index (κ3) is 5.15. The van der Waals surface area contributed by atoms with Gasteiger partial charge in [-0.3, -0.25) is 4.79 Å². The fourth-order valence-electron chi connectivity index (χ4n) is 4.05. The molecule has 0 aliphatic carbocycles. The minimum Gasteiger partial charge on any atom is -0.463 e. The second kappa shape index (κ2) is 10.3. The first kappa shape index (κ1) is 24.8. The van der Waals surface area contributed by atoms with E-state index in [1.165, 1.54) is 57.4 Å². The van der Waals surface area contributed by atoms with Crippen LogP contribution in [0.5, 0.6) is 0 Å². The topological polar surface area (TPSA) is 96.1 Å². The van der Waals surface area contributed by atoms with Crippen molar-refractivity contribution in [2.24, 2.45) is 11.0 Å². The number of halogens is 1. The van der Waals surface area contributed by atoms with Gasteiger partial charge < -0.3 is 4.42 Å². The van der Waals surface area contributed by atoms with E-state index in [0.29, 0.717) is 29.9 Å². The molecule has 1 fully saturated rings. The van der Waals surface area contributed by atoms with Gasteiger partial charge in [-0.15, -0.1) is 0 Å². The summed E-state index contributed by atoms with van der Waals surface area (Å²) in [6, 6.07) is 15.1. The van der Waals surface area contributed by atoms with Crippen molar-refractivity contribution in [3.8, 4) is 0 Å². The number of fused-ring (bicyclic) bond motifs is 1. The summed E-state index contributed by atoms with van der Waals surface area (Å²) in [4.78, 5) is 18.3. The van der Waals surface area contributed by atoms with E-state index in [9.17, 15) is 13.2 Å². The van der Waals surface area contributed by atoms with Gasteiger partial charge in [0.1, 0.15) is 5.76 Å². The van der Waals surface area contributed by atoms with Gasteiger partial charge in [0, 0.05) is 23.1 Å². The molecule has 1 aliphatic heterocycles. The highest BCUT2D eigenvalue weighted by molar-refractivity contribution is 9.10. The van der Waals surface area contributed by atoms with E-state index in [1.54, 1.807) is 12.1 Å². The van der Waals surface area contributed by atoms with Crippen LogP contribution < -0.4 is 5.01 Å². The van der Waals surface area contributed by atoms with Crippen molar-refractivity contribution in [1.29, 1.82) is 0 Å². The number of aromatic nitrogens is 1. The average molecular weight is 588 g/mol. The van der Waals surface area contributed by atoms with Gasteiger partial charge in [-0.05, 0) is 73.4 Å².